The number of Topliss-reactive ketones (excluding diaryl/α,β-unsaturated/α-hetero) is 1. The SMILES string of the molecule is CCn1c(=O)c2ccccc2n(CC(=O)OCC(=O)c2ccc3c(c2)CCO3)c1=O. The van der Waals surface area contributed by atoms with Crippen molar-refractivity contribution >= 4 is 22.7 Å². The Kier molecular flexibility index (Phi) is 5.22. The normalized spacial score (nSPS) is 12.4. The maximum absolute atomic E-state index is 12.7. The number of esters is 1. The summed E-state index contributed by atoms with van der Waals surface area (Å²) < 4.78 is 12.8. The predicted molar refractivity (Wildman–Crippen MR) is 109 cm³/mol. The van der Waals surface area contributed by atoms with Crippen LogP contribution in [-0.2, 0) is 29.0 Å². The largest absolute Gasteiger partial charge is 0.493 e. The Morgan fingerprint density at radius 2 is 1.90 bits per heavy atom. The van der Waals surface area contributed by atoms with Gasteiger partial charge in [-0.2, -0.15) is 0 Å². The minimum Gasteiger partial charge on any atom is -0.493 e. The van der Waals surface area contributed by atoms with E-state index in [2.05, 4.69) is 0 Å². The third-order valence-electron chi connectivity index (χ3n) is 5.11. The van der Waals surface area contributed by atoms with Crippen molar-refractivity contribution in [3.8, 4) is 5.75 Å². The predicted octanol–water partition coefficient (Wildman–Crippen LogP) is 1.54. The van der Waals surface area contributed by atoms with Crippen molar-refractivity contribution in [2.75, 3.05) is 13.2 Å². The number of carbonyl (C=O) groups excluding carboxylic acids is 2. The van der Waals surface area contributed by atoms with Crippen molar-refractivity contribution in [1.82, 2.24) is 9.13 Å². The molecule has 2 aromatic carbocycles. The minimum absolute atomic E-state index is 0.179. The summed E-state index contributed by atoms with van der Waals surface area (Å²) in [6, 6.07) is 11.7. The van der Waals surface area contributed by atoms with E-state index in [0.717, 1.165) is 22.3 Å². The maximum atomic E-state index is 12.7. The number of nitrogens with zero attached hydrogens (tertiary/aromatic N) is 2. The number of para-hydroxylation sites is 1. The second-order valence-corrected chi connectivity index (χ2v) is 6.94. The van der Waals surface area contributed by atoms with Gasteiger partial charge < -0.3 is 9.47 Å². The lowest BCUT2D eigenvalue weighted by atomic mass is 10.1. The molecular formula is C22H20N2O6. The molecule has 4 rings (SSSR count). The molecule has 0 amide bonds. The lowest BCUT2D eigenvalue weighted by Crippen LogP contribution is -2.41. The van der Waals surface area contributed by atoms with E-state index in [1.54, 1.807) is 49.4 Å². The Hall–Kier alpha value is -3.68. The molecule has 0 atom stereocenters. The van der Waals surface area contributed by atoms with Crippen LogP contribution in [-0.4, -0.2) is 34.1 Å². The molecule has 8 heteroatoms. The number of benzene rings is 2. The average Bonchev–Trinajstić information content (AvgIpc) is 3.23. The monoisotopic (exact) mass is 408 g/mol. The third-order valence-corrected chi connectivity index (χ3v) is 5.11. The summed E-state index contributed by atoms with van der Waals surface area (Å²) in [6.45, 7) is 1.62. The highest BCUT2D eigenvalue weighted by Gasteiger charge is 2.18. The van der Waals surface area contributed by atoms with Crippen molar-refractivity contribution in [2.24, 2.45) is 0 Å². The molecule has 0 bridgehead atoms. The Labute approximate surface area is 171 Å². The van der Waals surface area contributed by atoms with E-state index in [0.29, 0.717) is 23.1 Å². The van der Waals surface area contributed by atoms with Crippen molar-refractivity contribution in [3.05, 3.63) is 74.4 Å². The Morgan fingerprint density at radius 1 is 1.10 bits per heavy atom. The fourth-order valence-electron chi connectivity index (χ4n) is 3.57. The summed E-state index contributed by atoms with van der Waals surface area (Å²) in [5.41, 5.74) is 0.738. The van der Waals surface area contributed by atoms with Crippen LogP contribution in [0.3, 0.4) is 0 Å². The van der Waals surface area contributed by atoms with E-state index in [1.165, 1.54) is 4.57 Å². The fraction of sp³-hybridized carbons (Fsp3) is 0.273. The summed E-state index contributed by atoms with van der Waals surface area (Å²) in [4.78, 5) is 49.9. The van der Waals surface area contributed by atoms with Crippen LogP contribution in [0.5, 0.6) is 5.75 Å². The van der Waals surface area contributed by atoms with Crippen LogP contribution in [0, 0.1) is 0 Å². The van der Waals surface area contributed by atoms with Gasteiger partial charge in [-0.1, -0.05) is 12.1 Å². The summed E-state index contributed by atoms with van der Waals surface area (Å²) in [7, 11) is 0. The van der Waals surface area contributed by atoms with Gasteiger partial charge >= 0.3 is 11.7 Å². The lowest BCUT2D eigenvalue weighted by molar-refractivity contribution is -0.143. The summed E-state index contributed by atoms with van der Waals surface area (Å²) in [5, 5.41) is 0.336. The van der Waals surface area contributed by atoms with Gasteiger partial charge in [0, 0.05) is 18.5 Å². The smallest absolute Gasteiger partial charge is 0.332 e. The van der Waals surface area contributed by atoms with Crippen LogP contribution in [0.25, 0.3) is 10.9 Å². The molecule has 8 nitrogen and oxygen atoms in total. The van der Waals surface area contributed by atoms with E-state index in [-0.39, 0.29) is 12.3 Å². The Bertz CT molecular complexity index is 1270. The first-order chi connectivity index (χ1) is 14.5. The number of ketones is 1. The molecule has 154 valence electrons. The molecule has 0 fully saturated rings. The molecular weight excluding hydrogens is 388 g/mol. The standard InChI is InChI=1S/C22H20N2O6/c1-2-23-21(27)16-5-3-4-6-17(16)24(22(23)28)12-20(26)30-13-18(25)14-7-8-19-15(11-14)9-10-29-19/h3-8,11H,2,9-10,12-13H2,1H3. The zero-order valence-electron chi connectivity index (χ0n) is 16.4. The maximum Gasteiger partial charge on any atom is 0.332 e. The molecule has 2 heterocycles. The number of hydrogen-bond acceptors (Lipinski definition) is 6. The van der Waals surface area contributed by atoms with Crippen LogP contribution in [0.15, 0.2) is 52.1 Å². The zero-order valence-corrected chi connectivity index (χ0v) is 16.4. The molecule has 0 spiro atoms. The summed E-state index contributed by atoms with van der Waals surface area (Å²) >= 11 is 0. The number of hydrogen-bond donors (Lipinski definition) is 0. The highest BCUT2D eigenvalue weighted by molar-refractivity contribution is 5.98. The van der Waals surface area contributed by atoms with Gasteiger partial charge in [0.1, 0.15) is 12.3 Å². The molecule has 0 radical (unpaired) electrons. The van der Waals surface area contributed by atoms with Gasteiger partial charge in [0.15, 0.2) is 12.4 Å². The van der Waals surface area contributed by atoms with Crippen LogP contribution in [0.1, 0.15) is 22.8 Å². The number of carbonyl (C=O) groups is 2. The molecule has 1 aliphatic heterocycles. The molecule has 3 aromatic rings. The zero-order chi connectivity index (χ0) is 21.3. The van der Waals surface area contributed by atoms with Crippen molar-refractivity contribution in [3.63, 3.8) is 0 Å². The first-order valence-electron chi connectivity index (χ1n) is 9.66. The van der Waals surface area contributed by atoms with E-state index in [9.17, 15) is 19.2 Å². The number of rotatable bonds is 6. The molecule has 0 unspecified atom stereocenters. The molecule has 1 aliphatic rings. The van der Waals surface area contributed by atoms with Crippen molar-refractivity contribution in [2.45, 2.75) is 26.4 Å². The fourth-order valence-corrected chi connectivity index (χ4v) is 3.57. The van der Waals surface area contributed by atoms with Crippen molar-refractivity contribution < 1.29 is 19.1 Å². The number of fused-ring (bicyclic) bond motifs is 2. The number of ether oxygens (including phenoxy) is 2. The van der Waals surface area contributed by atoms with Crippen LogP contribution >= 0.6 is 0 Å². The number of aromatic nitrogens is 2. The van der Waals surface area contributed by atoms with E-state index in [1.807, 2.05) is 0 Å². The van der Waals surface area contributed by atoms with Gasteiger partial charge in [0.05, 0.1) is 17.5 Å². The lowest BCUT2D eigenvalue weighted by Gasteiger charge is -2.12. The van der Waals surface area contributed by atoms with E-state index >= 15 is 0 Å². The molecule has 30 heavy (non-hydrogen) atoms. The Balaban J connectivity index is 1.52. The van der Waals surface area contributed by atoms with E-state index in [4.69, 9.17) is 9.47 Å². The second kappa shape index (κ2) is 7.98. The summed E-state index contributed by atoms with van der Waals surface area (Å²) in [5.74, 6) is -0.309. The molecule has 0 saturated carbocycles. The van der Waals surface area contributed by atoms with Crippen molar-refractivity contribution in [1.29, 1.82) is 0 Å². The van der Waals surface area contributed by atoms with Gasteiger partial charge in [-0.25, -0.2) is 4.79 Å². The molecule has 0 N–H and O–H groups in total. The summed E-state index contributed by atoms with van der Waals surface area (Å²) in [6.07, 6.45) is 0.735. The van der Waals surface area contributed by atoms with Crippen LogP contribution in [0.4, 0.5) is 0 Å². The highest BCUT2D eigenvalue weighted by atomic mass is 16.5. The average molecular weight is 408 g/mol. The Morgan fingerprint density at radius 3 is 2.70 bits per heavy atom. The first kappa shape index (κ1) is 19.6. The second-order valence-electron chi connectivity index (χ2n) is 6.94. The minimum atomic E-state index is -0.735. The quantitative estimate of drug-likeness (QED) is 0.454. The molecule has 0 saturated heterocycles. The molecule has 1 aromatic heterocycles. The van der Waals surface area contributed by atoms with E-state index < -0.39 is 30.4 Å². The third kappa shape index (κ3) is 3.52. The van der Waals surface area contributed by atoms with Crippen LogP contribution < -0.4 is 16.0 Å². The first-order valence-corrected chi connectivity index (χ1v) is 9.66. The van der Waals surface area contributed by atoms with Gasteiger partial charge in [-0.15, -0.1) is 0 Å². The molecule has 0 aliphatic carbocycles. The van der Waals surface area contributed by atoms with Gasteiger partial charge in [0.2, 0.25) is 0 Å². The van der Waals surface area contributed by atoms with Gasteiger partial charge in [-0.3, -0.25) is 23.5 Å². The topological polar surface area (TPSA) is 96.6 Å². The van der Waals surface area contributed by atoms with Gasteiger partial charge in [0.25, 0.3) is 5.56 Å². The van der Waals surface area contributed by atoms with Gasteiger partial charge in [-0.05, 0) is 42.8 Å². The van der Waals surface area contributed by atoms with Crippen LogP contribution in [0.2, 0.25) is 0 Å². The highest BCUT2D eigenvalue weighted by Crippen LogP contribution is 2.26.